The Kier molecular flexibility index (Phi) is 6.93. The van der Waals surface area contributed by atoms with Crippen molar-refractivity contribution in [1.82, 2.24) is 0 Å². The molecule has 2 atom stereocenters. The number of carbonyl (C=O) groups is 2. The molecule has 1 amide bonds. The van der Waals surface area contributed by atoms with Gasteiger partial charge in [-0.15, -0.1) is 0 Å². The Morgan fingerprint density at radius 1 is 1.00 bits per heavy atom. The van der Waals surface area contributed by atoms with E-state index < -0.39 is 15.8 Å². The molecule has 182 valence electrons. The minimum atomic E-state index is -3.37. The average Bonchev–Trinajstić information content (AvgIpc) is 3.11. The highest BCUT2D eigenvalue weighted by Gasteiger charge is 2.39. The van der Waals surface area contributed by atoms with Crippen molar-refractivity contribution in [2.24, 2.45) is 0 Å². The lowest BCUT2D eigenvalue weighted by atomic mass is 9.91. The van der Waals surface area contributed by atoms with Gasteiger partial charge in [0.2, 0.25) is 0 Å². The minimum Gasteiger partial charge on any atom is -0.489 e. The van der Waals surface area contributed by atoms with Crippen molar-refractivity contribution in [2.75, 3.05) is 11.2 Å². The molecule has 0 aromatic heterocycles. The fourth-order valence-corrected chi connectivity index (χ4v) is 5.12. The van der Waals surface area contributed by atoms with Crippen molar-refractivity contribution in [2.45, 2.75) is 43.2 Å². The minimum absolute atomic E-state index is 0.0192. The summed E-state index contributed by atoms with van der Waals surface area (Å²) in [6.45, 7) is 2.30. The van der Waals surface area contributed by atoms with Crippen LogP contribution < -0.4 is 9.64 Å². The fourth-order valence-electron chi connectivity index (χ4n) is 4.49. The molecule has 0 aliphatic carbocycles. The summed E-state index contributed by atoms with van der Waals surface area (Å²) in [6.07, 6.45) is 1.48. The predicted octanol–water partition coefficient (Wildman–Crippen LogP) is 4.67. The summed E-state index contributed by atoms with van der Waals surface area (Å²) in [4.78, 5) is 26.6. The zero-order chi connectivity index (χ0) is 25.2. The van der Waals surface area contributed by atoms with Gasteiger partial charge in [0.25, 0.3) is 5.91 Å². The number of aliphatic carboxylic acids is 1. The van der Waals surface area contributed by atoms with Crippen LogP contribution in [0.25, 0.3) is 0 Å². The van der Waals surface area contributed by atoms with Gasteiger partial charge in [0.15, 0.2) is 9.84 Å². The first kappa shape index (κ1) is 24.5. The third-order valence-electron chi connectivity index (χ3n) is 6.31. The molecule has 0 radical (unpaired) electrons. The van der Waals surface area contributed by atoms with Crippen LogP contribution in [0.3, 0.4) is 0 Å². The number of nitrogens with zero attached hydrogens (tertiary/aromatic N) is 1. The Bertz CT molecular complexity index is 1340. The molecule has 4 rings (SSSR count). The number of fused-ring (bicyclic) bond motifs is 1. The van der Waals surface area contributed by atoms with Crippen LogP contribution in [-0.2, 0) is 21.2 Å². The largest absolute Gasteiger partial charge is 0.489 e. The van der Waals surface area contributed by atoms with Crippen LogP contribution in [0.4, 0.5) is 5.69 Å². The number of carboxylic acids is 1. The molecule has 0 fully saturated rings. The number of hydrogen-bond donors (Lipinski definition) is 1. The maximum Gasteiger partial charge on any atom is 0.303 e. The number of hydrogen-bond acceptors (Lipinski definition) is 5. The van der Waals surface area contributed by atoms with Gasteiger partial charge in [-0.2, -0.15) is 0 Å². The second kappa shape index (κ2) is 9.92. The van der Waals surface area contributed by atoms with Crippen LogP contribution in [0.5, 0.6) is 5.75 Å². The highest BCUT2D eigenvalue weighted by Crippen LogP contribution is 2.45. The maximum atomic E-state index is 13.5. The lowest BCUT2D eigenvalue weighted by Crippen LogP contribution is -2.37. The van der Waals surface area contributed by atoms with Crippen molar-refractivity contribution in [3.8, 4) is 5.75 Å². The molecule has 3 aromatic carbocycles. The van der Waals surface area contributed by atoms with E-state index in [0.717, 1.165) is 17.4 Å². The number of carboxylic acid groups (broad SMARTS) is 1. The smallest absolute Gasteiger partial charge is 0.303 e. The lowest BCUT2D eigenvalue weighted by Gasteiger charge is -2.25. The SMILES string of the molecule is C[C@H]1[C@@H](CCC(=O)O)c2cc(OCc3ccccc3)ccc2N1C(=O)c1ccc(S(C)(=O)=O)cc1. The van der Waals surface area contributed by atoms with E-state index in [0.29, 0.717) is 30.0 Å². The summed E-state index contributed by atoms with van der Waals surface area (Å²) in [7, 11) is -3.37. The molecule has 7 nitrogen and oxygen atoms in total. The third kappa shape index (κ3) is 5.38. The zero-order valence-corrected chi connectivity index (χ0v) is 20.4. The van der Waals surface area contributed by atoms with Crippen molar-refractivity contribution in [3.63, 3.8) is 0 Å². The summed E-state index contributed by atoms with van der Waals surface area (Å²) in [5, 5.41) is 9.26. The molecule has 0 unspecified atom stereocenters. The van der Waals surface area contributed by atoms with Gasteiger partial charge in [0.05, 0.1) is 4.90 Å². The van der Waals surface area contributed by atoms with Gasteiger partial charge >= 0.3 is 5.97 Å². The number of ether oxygens (including phenoxy) is 1. The van der Waals surface area contributed by atoms with Gasteiger partial charge in [-0.05, 0) is 66.9 Å². The van der Waals surface area contributed by atoms with Crippen molar-refractivity contribution in [1.29, 1.82) is 0 Å². The number of carbonyl (C=O) groups excluding carboxylic acids is 1. The predicted molar refractivity (Wildman–Crippen MR) is 133 cm³/mol. The quantitative estimate of drug-likeness (QED) is 0.490. The average molecular weight is 494 g/mol. The molecule has 1 heterocycles. The first-order valence-electron chi connectivity index (χ1n) is 11.3. The van der Waals surface area contributed by atoms with Crippen LogP contribution >= 0.6 is 0 Å². The molecular formula is C27H27NO6S. The second-order valence-corrected chi connectivity index (χ2v) is 10.8. The van der Waals surface area contributed by atoms with Crippen molar-refractivity contribution < 1.29 is 27.9 Å². The highest BCUT2D eigenvalue weighted by molar-refractivity contribution is 7.90. The molecule has 1 N–H and O–H groups in total. The van der Waals surface area contributed by atoms with Gasteiger partial charge in [0.1, 0.15) is 12.4 Å². The zero-order valence-electron chi connectivity index (χ0n) is 19.5. The van der Waals surface area contributed by atoms with E-state index in [9.17, 15) is 23.1 Å². The molecule has 0 spiro atoms. The Labute approximate surface area is 204 Å². The fraction of sp³-hybridized carbons (Fsp3) is 0.259. The van der Waals surface area contributed by atoms with Crippen LogP contribution in [0.15, 0.2) is 77.7 Å². The van der Waals surface area contributed by atoms with Crippen LogP contribution in [0, 0.1) is 0 Å². The Balaban J connectivity index is 1.64. The normalized spacial score (nSPS) is 17.1. The van der Waals surface area contributed by atoms with E-state index in [1.54, 1.807) is 11.0 Å². The van der Waals surface area contributed by atoms with Crippen LogP contribution in [0.1, 0.15) is 47.2 Å². The molecular weight excluding hydrogens is 466 g/mol. The molecule has 8 heteroatoms. The number of benzene rings is 3. The van der Waals surface area contributed by atoms with E-state index in [1.807, 2.05) is 49.4 Å². The van der Waals surface area contributed by atoms with Gasteiger partial charge in [-0.3, -0.25) is 9.59 Å². The van der Waals surface area contributed by atoms with Gasteiger partial charge in [-0.1, -0.05) is 30.3 Å². The van der Waals surface area contributed by atoms with Crippen LogP contribution in [0.2, 0.25) is 0 Å². The van der Waals surface area contributed by atoms with E-state index in [2.05, 4.69) is 0 Å². The van der Waals surface area contributed by atoms with Gasteiger partial charge in [0, 0.05) is 35.9 Å². The number of anilines is 1. The van der Waals surface area contributed by atoms with Gasteiger partial charge in [-0.25, -0.2) is 8.42 Å². The maximum absolute atomic E-state index is 13.5. The van der Waals surface area contributed by atoms with E-state index in [-0.39, 0.29) is 29.2 Å². The lowest BCUT2D eigenvalue weighted by molar-refractivity contribution is -0.137. The molecule has 0 saturated carbocycles. The van der Waals surface area contributed by atoms with Crippen molar-refractivity contribution in [3.05, 3.63) is 89.5 Å². The summed E-state index contributed by atoms with van der Waals surface area (Å²) in [5.41, 5.74) is 2.96. The van der Waals surface area contributed by atoms with Crippen molar-refractivity contribution >= 4 is 27.4 Å². The summed E-state index contributed by atoms with van der Waals surface area (Å²) in [5.74, 6) is -0.696. The topological polar surface area (TPSA) is 101 Å². The first-order chi connectivity index (χ1) is 16.6. The summed E-state index contributed by atoms with van der Waals surface area (Å²) < 4.78 is 29.5. The monoisotopic (exact) mass is 493 g/mol. The molecule has 3 aromatic rings. The van der Waals surface area contributed by atoms with E-state index in [1.165, 1.54) is 24.3 Å². The number of amides is 1. The standard InChI is InChI=1S/C27H27NO6S/c1-18-23(13-15-26(29)30)24-16-21(34-17-19-6-4-3-5-7-19)10-14-25(24)28(18)27(31)20-8-11-22(12-9-20)35(2,32)33/h3-12,14,16,18,23H,13,15,17H2,1-2H3,(H,29,30)/t18-,23+/m0/s1. The molecule has 0 bridgehead atoms. The Morgan fingerprint density at radius 3 is 2.31 bits per heavy atom. The van der Waals surface area contributed by atoms with Gasteiger partial charge < -0.3 is 14.7 Å². The molecule has 35 heavy (non-hydrogen) atoms. The summed E-state index contributed by atoms with van der Waals surface area (Å²) in [6, 6.07) is 20.9. The van der Waals surface area contributed by atoms with Crippen LogP contribution in [-0.4, -0.2) is 37.7 Å². The number of sulfone groups is 1. The second-order valence-electron chi connectivity index (χ2n) is 8.75. The Hall–Kier alpha value is -3.65. The number of rotatable bonds is 8. The summed E-state index contributed by atoms with van der Waals surface area (Å²) >= 11 is 0. The Morgan fingerprint density at radius 2 is 1.69 bits per heavy atom. The van der Waals surface area contributed by atoms with E-state index >= 15 is 0 Å². The highest BCUT2D eigenvalue weighted by atomic mass is 32.2. The molecule has 1 aliphatic rings. The molecule has 0 saturated heterocycles. The molecule has 1 aliphatic heterocycles. The first-order valence-corrected chi connectivity index (χ1v) is 13.2. The third-order valence-corrected chi connectivity index (χ3v) is 7.44. The van der Waals surface area contributed by atoms with E-state index in [4.69, 9.17) is 4.74 Å².